The van der Waals surface area contributed by atoms with Crippen molar-refractivity contribution < 1.29 is 13.9 Å². The van der Waals surface area contributed by atoms with Gasteiger partial charge in [-0.15, -0.1) is 0 Å². The fourth-order valence-electron chi connectivity index (χ4n) is 3.29. The van der Waals surface area contributed by atoms with Gasteiger partial charge in [-0.25, -0.2) is 4.39 Å². The second kappa shape index (κ2) is 21.5. The monoisotopic (exact) mass is 479 g/mol. The molecule has 0 heterocycles. The van der Waals surface area contributed by atoms with Gasteiger partial charge in [0.05, 0.1) is 6.10 Å². The van der Waals surface area contributed by atoms with Crippen molar-refractivity contribution in [1.29, 1.82) is 0 Å². The lowest BCUT2D eigenvalue weighted by atomic mass is 9.98. The molecule has 1 N–H and O–H groups in total. The average molecular weight is 480 g/mol. The van der Waals surface area contributed by atoms with Crippen LogP contribution in [0.2, 0.25) is 0 Å². The van der Waals surface area contributed by atoms with Crippen LogP contribution in [-0.2, 0) is 16.0 Å². The molecule has 0 amide bonds. The number of hydrogen-bond acceptors (Lipinski definition) is 5. The van der Waals surface area contributed by atoms with Crippen LogP contribution in [0.5, 0.6) is 0 Å². The minimum Gasteiger partial charge on any atom is -0.366 e. The van der Waals surface area contributed by atoms with Crippen molar-refractivity contribution in [1.82, 2.24) is 10.2 Å². The van der Waals surface area contributed by atoms with Crippen LogP contribution in [0.3, 0.4) is 0 Å². The number of nitrogens with one attached hydrogen (secondary N) is 1. The molecule has 0 saturated carbocycles. The maximum atomic E-state index is 12.6. The lowest BCUT2D eigenvalue weighted by molar-refractivity contribution is -0.121. The zero-order chi connectivity index (χ0) is 26.5. The zero-order valence-electron chi connectivity index (χ0n) is 23.2. The number of rotatable bonds is 14. The van der Waals surface area contributed by atoms with Gasteiger partial charge in [-0.2, -0.15) is 0 Å². The minimum atomic E-state index is -0.111. The molecule has 1 aromatic rings. The number of ketones is 1. The van der Waals surface area contributed by atoms with Crippen molar-refractivity contribution in [3.05, 3.63) is 48.4 Å². The normalized spacial score (nSPS) is 12.8. The quantitative estimate of drug-likeness (QED) is 0.252. The third-order valence-corrected chi connectivity index (χ3v) is 5.20. The van der Waals surface area contributed by atoms with Crippen molar-refractivity contribution in [2.24, 2.45) is 10.9 Å². The summed E-state index contributed by atoms with van der Waals surface area (Å²) in [4.78, 5) is 18.1. The van der Waals surface area contributed by atoms with Crippen molar-refractivity contribution in [2.75, 3.05) is 27.2 Å². The standard InChI is InChI=1S/C18H35N3O2.C8H9F.C2H6/c1-8-16(15(5)22)10-11-21(7)13-17(19-6)12-18(20-9-2)23-14(3)4;1-2-7-5-3-4-6-8(7)9;1-2/h9,14,16,18,20H,2,8,10-13H2,1,3-7H3;3-6H,2H2,1H3;1-2H3. The van der Waals surface area contributed by atoms with Crippen LogP contribution in [0.15, 0.2) is 42.0 Å². The number of Topliss-reactive ketones (excluding diaryl/α,β-unsaturated/α-hetero) is 1. The fourth-order valence-corrected chi connectivity index (χ4v) is 3.29. The van der Waals surface area contributed by atoms with Crippen LogP contribution >= 0.6 is 0 Å². The highest BCUT2D eigenvalue weighted by molar-refractivity contribution is 5.86. The van der Waals surface area contributed by atoms with Crippen molar-refractivity contribution in [3.8, 4) is 0 Å². The Morgan fingerprint density at radius 2 is 1.88 bits per heavy atom. The summed E-state index contributed by atoms with van der Waals surface area (Å²) in [6.45, 7) is 19.1. The van der Waals surface area contributed by atoms with Crippen LogP contribution in [0, 0.1) is 11.7 Å². The average Bonchev–Trinajstić information content (AvgIpc) is 2.80. The summed E-state index contributed by atoms with van der Waals surface area (Å²) in [5.74, 6) is 0.352. The Morgan fingerprint density at radius 1 is 1.26 bits per heavy atom. The molecule has 2 unspecified atom stereocenters. The number of benzene rings is 1. The SMILES string of the molecule is C=CNC(CC(CN(C)CCC(CC)C(C)=O)=NC)OC(C)C.CC.CCc1ccccc1F. The number of halogens is 1. The largest absolute Gasteiger partial charge is 0.366 e. The fraction of sp³-hybridized carbons (Fsp3) is 0.643. The van der Waals surface area contributed by atoms with Crippen molar-refractivity contribution >= 4 is 11.5 Å². The minimum absolute atomic E-state index is 0.0972. The van der Waals surface area contributed by atoms with E-state index in [0.29, 0.717) is 0 Å². The molecule has 1 rings (SSSR count). The third-order valence-electron chi connectivity index (χ3n) is 5.20. The van der Waals surface area contributed by atoms with Crippen LogP contribution in [-0.4, -0.2) is 55.9 Å². The Bertz CT molecular complexity index is 692. The number of aliphatic imine (C=N–C) groups is 1. The first-order valence-corrected chi connectivity index (χ1v) is 12.6. The van der Waals surface area contributed by atoms with E-state index in [9.17, 15) is 9.18 Å². The van der Waals surface area contributed by atoms with E-state index in [4.69, 9.17) is 4.74 Å². The van der Waals surface area contributed by atoms with Crippen LogP contribution < -0.4 is 5.32 Å². The lowest BCUT2D eigenvalue weighted by Crippen LogP contribution is -2.36. The van der Waals surface area contributed by atoms with Crippen molar-refractivity contribution in [3.63, 3.8) is 0 Å². The highest BCUT2D eigenvalue weighted by atomic mass is 19.1. The van der Waals surface area contributed by atoms with E-state index in [0.717, 1.165) is 50.0 Å². The predicted molar refractivity (Wildman–Crippen MR) is 145 cm³/mol. The number of ether oxygens (including phenoxy) is 1. The molecule has 0 fully saturated rings. The summed E-state index contributed by atoms with van der Waals surface area (Å²) in [7, 11) is 3.88. The van der Waals surface area contributed by atoms with Gasteiger partial charge in [-0.1, -0.05) is 52.5 Å². The molecule has 1 aromatic carbocycles. The van der Waals surface area contributed by atoms with Gasteiger partial charge < -0.3 is 15.0 Å². The van der Waals surface area contributed by atoms with E-state index in [1.807, 2.05) is 47.7 Å². The van der Waals surface area contributed by atoms with Crippen LogP contribution in [0.4, 0.5) is 4.39 Å². The van der Waals surface area contributed by atoms with Gasteiger partial charge in [0.1, 0.15) is 17.8 Å². The molecule has 2 atom stereocenters. The molecular weight excluding hydrogens is 429 g/mol. The Labute approximate surface area is 208 Å². The maximum absolute atomic E-state index is 12.6. The summed E-state index contributed by atoms with van der Waals surface area (Å²) in [5.41, 5.74) is 1.86. The first-order chi connectivity index (χ1) is 16.2. The Morgan fingerprint density at radius 3 is 2.29 bits per heavy atom. The molecular formula is C28H50FN3O2. The van der Waals surface area contributed by atoms with Gasteiger partial charge in [0.15, 0.2) is 0 Å². The van der Waals surface area contributed by atoms with E-state index in [1.54, 1.807) is 25.3 Å². The van der Waals surface area contributed by atoms with E-state index >= 15 is 0 Å². The number of nitrogens with zero attached hydrogens (tertiary/aromatic N) is 2. The molecule has 0 aliphatic heterocycles. The van der Waals surface area contributed by atoms with Crippen molar-refractivity contribution in [2.45, 2.75) is 86.5 Å². The molecule has 0 aromatic heterocycles. The van der Waals surface area contributed by atoms with Gasteiger partial charge in [0.25, 0.3) is 0 Å². The molecule has 0 saturated heterocycles. The molecule has 0 aliphatic rings. The molecule has 34 heavy (non-hydrogen) atoms. The number of carbonyl (C=O) groups is 1. The summed E-state index contributed by atoms with van der Waals surface area (Å²) in [6.07, 6.45) is 4.98. The van der Waals surface area contributed by atoms with Gasteiger partial charge in [-0.05, 0) is 71.5 Å². The first kappa shape index (κ1) is 34.1. The molecule has 0 aliphatic carbocycles. The van der Waals surface area contributed by atoms with Crippen LogP contribution in [0.1, 0.15) is 73.3 Å². The van der Waals surface area contributed by atoms with Gasteiger partial charge >= 0.3 is 0 Å². The highest BCUT2D eigenvalue weighted by Crippen LogP contribution is 2.11. The number of aryl methyl sites for hydroxylation is 1. The summed E-state index contributed by atoms with van der Waals surface area (Å²) in [5, 5.41) is 3.12. The van der Waals surface area contributed by atoms with Gasteiger partial charge in [0.2, 0.25) is 0 Å². The van der Waals surface area contributed by atoms with E-state index in [-0.39, 0.29) is 29.9 Å². The molecule has 0 spiro atoms. The molecule has 0 bridgehead atoms. The Balaban J connectivity index is 0. The predicted octanol–water partition coefficient (Wildman–Crippen LogP) is 6.28. The molecule has 196 valence electrons. The van der Waals surface area contributed by atoms with E-state index < -0.39 is 0 Å². The maximum Gasteiger partial charge on any atom is 0.132 e. The second-order valence-electron chi connectivity index (χ2n) is 8.23. The number of carbonyl (C=O) groups excluding carboxylic acids is 1. The smallest absolute Gasteiger partial charge is 0.132 e. The molecule has 6 heteroatoms. The first-order valence-electron chi connectivity index (χ1n) is 12.6. The van der Waals surface area contributed by atoms with Gasteiger partial charge in [-0.3, -0.25) is 9.79 Å². The summed E-state index contributed by atoms with van der Waals surface area (Å²) < 4.78 is 18.4. The Hall–Kier alpha value is -2.05. The van der Waals surface area contributed by atoms with Gasteiger partial charge in [0, 0.05) is 31.6 Å². The van der Waals surface area contributed by atoms with E-state index in [1.165, 1.54) is 6.07 Å². The second-order valence-corrected chi connectivity index (χ2v) is 8.23. The van der Waals surface area contributed by atoms with Crippen LogP contribution in [0.25, 0.3) is 0 Å². The molecule has 0 radical (unpaired) electrons. The Kier molecular flexibility index (Phi) is 21.6. The highest BCUT2D eigenvalue weighted by Gasteiger charge is 2.16. The molecule has 5 nitrogen and oxygen atoms in total. The summed E-state index contributed by atoms with van der Waals surface area (Å²) in [6, 6.07) is 6.84. The third kappa shape index (κ3) is 16.5. The zero-order valence-corrected chi connectivity index (χ0v) is 23.2. The lowest BCUT2D eigenvalue weighted by Gasteiger charge is -2.24. The van der Waals surface area contributed by atoms with E-state index in [2.05, 4.69) is 35.8 Å². The summed E-state index contributed by atoms with van der Waals surface area (Å²) >= 11 is 0. The topological polar surface area (TPSA) is 53.9 Å². The number of hydrogen-bond donors (Lipinski definition) is 1.